The van der Waals surface area contributed by atoms with Crippen LogP contribution in [0.3, 0.4) is 0 Å². The molecule has 2 aliphatic heterocycles. The van der Waals surface area contributed by atoms with Crippen molar-refractivity contribution in [3.8, 4) is 0 Å². The van der Waals surface area contributed by atoms with Crippen LogP contribution in [0.2, 0.25) is 0 Å². The fourth-order valence-corrected chi connectivity index (χ4v) is 5.03. The number of hydrogen-bond acceptors (Lipinski definition) is 4. The topological polar surface area (TPSA) is 99.0 Å². The van der Waals surface area contributed by atoms with Crippen molar-refractivity contribution in [2.45, 2.75) is 45.2 Å². The molecule has 0 aromatic heterocycles. The van der Waals surface area contributed by atoms with Gasteiger partial charge in [0.25, 0.3) is 5.91 Å². The minimum atomic E-state index is -0.532. The summed E-state index contributed by atoms with van der Waals surface area (Å²) in [5.74, 6) is -0.606. The highest BCUT2D eigenvalue weighted by atomic mass is 16.2. The van der Waals surface area contributed by atoms with E-state index in [1.807, 2.05) is 39.0 Å². The predicted octanol–water partition coefficient (Wildman–Crippen LogP) is 2.12. The zero-order valence-electron chi connectivity index (χ0n) is 20.2. The van der Waals surface area contributed by atoms with Crippen molar-refractivity contribution in [2.75, 3.05) is 33.7 Å². The van der Waals surface area contributed by atoms with Crippen LogP contribution >= 0.6 is 0 Å². The smallest absolute Gasteiger partial charge is 0.317 e. The van der Waals surface area contributed by atoms with Crippen molar-refractivity contribution in [2.24, 2.45) is 17.6 Å². The molecule has 4 rings (SSSR count). The zero-order chi connectivity index (χ0) is 24.1. The number of carbonyl (C=O) groups is 3. The molecule has 2 fully saturated rings. The molecule has 4 amide bonds. The van der Waals surface area contributed by atoms with Crippen LogP contribution < -0.4 is 11.1 Å². The molecule has 0 bridgehead atoms. The van der Waals surface area contributed by atoms with E-state index in [0.717, 1.165) is 24.0 Å². The molecule has 1 saturated heterocycles. The van der Waals surface area contributed by atoms with E-state index >= 15 is 0 Å². The van der Waals surface area contributed by atoms with E-state index in [-0.39, 0.29) is 23.5 Å². The molecule has 1 aromatic carbocycles. The van der Waals surface area contributed by atoms with E-state index in [9.17, 15) is 14.4 Å². The Balaban J connectivity index is 1.71. The van der Waals surface area contributed by atoms with Crippen molar-refractivity contribution in [1.82, 2.24) is 20.0 Å². The van der Waals surface area contributed by atoms with Gasteiger partial charge in [0.05, 0.1) is 12.0 Å². The Bertz CT molecular complexity index is 1010. The number of carbonyl (C=O) groups excluding carboxylic acids is 3. The molecule has 2 unspecified atom stereocenters. The first kappa shape index (κ1) is 23.1. The van der Waals surface area contributed by atoms with Gasteiger partial charge in [-0.05, 0) is 62.8 Å². The summed E-state index contributed by atoms with van der Waals surface area (Å²) in [6.07, 6.45) is 2.16. The van der Waals surface area contributed by atoms with Crippen molar-refractivity contribution in [1.29, 1.82) is 0 Å². The van der Waals surface area contributed by atoms with Gasteiger partial charge >= 0.3 is 6.03 Å². The summed E-state index contributed by atoms with van der Waals surface area (Å²) in [6.45, 7) is 7.55. The lowest BCUT2D eigenvalue weighted by Gasteiger charge is -2.42. The van der Waals surface area contributed by atoms with Gasteiger partial charge in [0.15, 0.2) is 0 Å². The highest BCUT2D eigenvalue weighted by molar-refractivity contribution is 5.98. The Kier molecular flexibility index (Phi) is 5.88. The largest absolute Gasteiger partial charge is 0.369 e. The van der Waals surface area contributed by atoms with E-state index in [4.69, 9.17) is 5.73 Å². The first-order valence-electron chi connectivity index (χ1n) is 11.7. The number of rotatable bonds is 4. The molecule has 33 heavy (non-hydrogen) atoms. The predicted molar refractivity (Wildman–Crippen MR) is 127 cm³/mol. The van der Waals surface area contributed by atoms with Crippen molar-refractivity contribution >= 4 is 23.4 Å². The summed E-state index contributed by atoms with van der Waals surface area (Å²) in [5, 5.41) is 3.03. The van der Waals surface area contributed by atoms with Gasteiger partial charge in [0, 0.05) is 50.5 Å². The monoisotopic (exact) mass is 453 g/mol. The number of nitrogens with one attached hydrogen (secondary N) is 1. The Hall–Kier alpha value is -3.03. The summed E-state index contributed by atoms with van der Waals surface area (Å²) in [4.78, 5) is 43.9. The molecular weight excluding hydrogens is 418 g/mol. The van der Waals surface area contributed by atoms with Crippen LogP contribution in [0.4, 0.5) is 4.79 Å². The molecular formula is C25H35N5O3. The molecule has 178 valence electrons. The van der Waals surface area contributed by atoms with Crippen molar-refractivity contribution < 1.29 is 14.4 Å². The van der Waals surface area contributed by atoms with Crippen LogP contribution in [0.1, 0.15) is 49.5 Å². The van der Waals surface area contributed by atoms with Crippen LogP contribution in [-0.4, -0.2) is 77.9 Å². The second-order valence-corrected chi connectivity index (χ2v) is 10.6. The van der Waals surface area contributed by atoms with Crippen LogP contribution in [-0.2, 0) is 4.79 Å². The molecule has 1 aromatic rings. The molecule has 3 aliphatic rings. The maximum Gasteiger partial charge on any atom is 0.317 e. The van der Waals surface area contributed by atoms with E-state index in [0.29, 0.717) is 31.1 Å². The molecule has 0 spiro atoms. The van der Waals surface area contributed by atoms with Gasteiger partial charge in [-0.25, -0.2) is 4.79 Å². The van der Waals surface area contributed by atoms with E-state index in [2.05, 4.69) is 10.2 Å². The van der Waals surface area contributed by atoms with Crippen LogP contribution in [0.5, 0.6) is 0 Å². The number of hydrogen-bond donors (Lipinski definition) is 2. The van der Waals surface area contributed by atoms with Crippen molar-refractivity contribution in [3.63, 3.8) is 0 Å². The number of allylic oxidation sites excluding steroid dienone is 1. The summed E-state index contributed by atoms with van der Waals surface area (Å²) in [6, 6.07) is 7.18. The third-order valence-electron chi connectivity index (χ3n) is 6.57. The van der Waals surface area contributed by atoms with Gasteiger partial charge in [-0.15, -0.1) is 0 Å². The number of piperazine rings is 1. The Labute approximate surface area is 195 Å². The van der Waals surface area contributed by atoms with E-state index in [1.54, 1.807) is 30.0 Å². The molecule has 2 heterocycles. The lowest BCUT2D eigenvalue weighted by molar-refractivity contribution is -0.121. The van der Waals surface area contributed by atoms with Gasteiger partial charge in [-0.3, -0.25) is 9.59 Å². The third-order valence-corrected chi connectivity index (χ3v) is 6.57. The second-order valence-electron chi connectivity index (χ2n) is 10.6. The van der Waals surface area contributed by atoms with Gasteiger partial charge in [0.1, 0.15) is 0 Å². The molecule has 3 N–H and O–H groups in total. The standard InChI is InChI=1S/C25H35N5O3/c1-25(2,3)27-24(33)29-11-12-30-18(14-29)20(22(26)31)19(21(30)15-9-10-15)16-7-6-8-17(13-16)23(32)28(4)5/h6-8,13,15,18,20H,9-12,14H2,1-5H3,(H2,26,31)(H,27,33). The van der Waals surface area contributed by atoms with Crippen LogP contribution in [0, 0.1) is 11.8 Å². The average Bonchev–Trinajstić information content (AvgIpc) is 3.51. The van der Waals surface area contributed by atoms with Gasteiger partial charge in [-0.1, -0.05) is 12.1 Å². The Morgan fingerprint density at radius 2 is 1.82 bits per heavy atom. The van der Waals surface area contributed by atoms with Crippen LogP contribution in [0.25, 0.3) is 5.57 Å². The lowest BCUT2D eigenvalue weighted by Crippen LogP contribution is -2.59. The number of benzene rings is 1. The van der Waals surface area contributed by atoms with Gasteiger partial charge in [-0.2, -0.15) is 0 Å². The molecule has 1 aliphatic carbocycles. The van der Waals surface area contributed by atoms with Crippen molar-refractivity contribution in [3.05, 3.63) is 41.1 Å². The first-order chi connectivity index (χ1) is 15.5. The number of urea groups is 1. The second kappa shape index (κ2) is 8.39. The molecule has 8 heteroatoms. The number of primary amides is 1. The summed E-state index contributed by atoms with van der Waals surface area (Å²) < 4.78 is 0. The third kappa shape index (κ3) is 4.56. The number of amides is 4. The van der Waals surface area contributed by atoms with E-state index < -0.39 is 11.8 Å². The molecule has 1 saturated carbocycles. The normalized spacial score (nSPS) is 22.8. The fourth-order valence-electron chi connectivity index (χ4n) is 5.03. The first-order valence-corrected chi connectivity index (χ1v) is 11.7. The van der Waals surface area contributed by atoms with Gasteiger partial charge < -0.3 is 25.8 Å². The molecule has 0 radical (unpaired) electrons. The number of nitrogens with zero attached hydrogens (tertiary/aromatic N) is 3. The number of nitrogens with two attached hydrogens (primary N) is 1. The average molecular weight is 454 g/mol. The van der Waals surface area contributed by atoms with E-state index in [1.165, 1.54) is 5.70 Å². The van der Waals surface area contributed by atoms with Gasteiger partial charge in [0.2, 0.25) is 5.91 Å². The Morgan fingerprint density at radius 1 is 1.12 bits per heavy atom. The van der Waals surface area contributed by atoms with Crippen LogP contribution in [0.15, 0.2) is 30.0 Å². The highest BCUT2D eigenvalue weighted by Gasteiger charge is 2.50. The highest BCUT2D eigenvalue weighted by Crippen LogP contribution is 2.51. The summed E-state index contributed by atoms with van der Waals surface area (Å²) >= 11 is 0. The summed E-state index contributed by atoms with van der Waals surface area (Å²) in [7, 11) is 3.45. The minimum Gasteiger partial charge on any atom is -0.369 e. The zero-order valence-corrected chi connectivity index (χ0v) is 20.2. The maximum absolute atomic E-state index is 12.9. The maximum atomic E-state index is 12.9. The Morgan fingerprint density at radius 3 is 2.39 bits per heavy atom. The molecule has 2 atom stereocenters. The molecule has 8 nitrogen and oxygen atoms in total. The SMILES string of the molecule is CN(C)C(=O)c1cccc(C2=C(C3CC3)N3CCN(C(=O)NC(C)(C)C)CC3C2C(N)=O)c1. The quantitative estimate of drug-likeness (QED) is 0.730. The fraction of sp³-hybridized carbons (Fsp3) is 0.560. The minimum absolute atomic E-state index is 0.0817. The number of fused-ring (bicyclic) bond motifs is 1. The summed E-state index contributed by atoms with van der Waals surface area (Å²) in [5.41, 5.74) is 9.21. The lowest BCUT2D eigenvalue weighted by atomic mass is 9.86.